The van der Waals surface area contributed by atoms with Crippen LogP contribution in [0.3, 0.4) is 0 Å². The molecule has 0 atom stereocenters. The third-order valence-corrected chi connectivity index (χ3v) is 5.99. The number of nitrogens with one attached hydrogen (secondary N) is 2. The van der Waals surface area contributed by atoms with Gasteiger partial charge in [-0.3, -0.25) is 14.5 Å². The molecule has 0 spiro atoms. The van der Waals surface area contributed by atoms with Gasteiger partial charge in [0.25, 0.3) is 5.91 Å². The Morgan fingerprint density at radius 2 is 1.97 bits per heavy atom. The monoisotopic (exact) mass is 486 g/mol. The number of likely N-dealkylation sites (N-methyl/N-ethyl adjacent to an activating group) is 1. The van der Waals surface area contributed by atoms with Crippen LogP contribution in [-0.2, 0) is 22.6 Å². The largest absolute Gasteiger partial charge is 0.491 e. The standard InChI is InChI=1S/C23H28B2F2N3O5/c1-4-28-19(31)11-30(10-14-5-6-15-12-35-25(34)17(15)9-14)23(2,3)13-29-22(32)16-7-8-18(26)20(24-33)21(16)27/h5-9,33-34H,4,10-13H2,1-3H3,(H,28,31)(H,29,32). The summed E-state index contributed by atoms with van der Waals surface area (Å²) < 4.78 is 33.3. The lowest BCUT2D eigenvalue weighted by Gasteiger charge is -2.38. The lowest BCUT2D eigenvalue weighted by atomic mass is 9.78. The van der Waals surface area contributed by atoms with E-state index < -0.39 is 41.2 Å². The van der Waals surface area contributed by atoms with Crippen molar-refractivity contribution in [1.82, 2.24) is 15.5 Å². The zero-order valence-corrected chi connectivity index (χ0v) is 19.9. The fourth-order valence-corrected chi connectivity index (χ4v) is 3.86. The fraction of sp³-hybridized carbons (Fsp3) is 0.391. The molecule has 8 nitrogen and oxygen atoms in total. The van der Waals surface area contributed by atoms with E-state index in [4.69, 9.17) is 9.68 Å². The quantitative estimate of drug-likeness (QED) is 0.340. The first kappa shape index (κ1) is 26.8. The van der Waals surface area contributed by atoms with Crippen molar-refractivity contribution in [3.8, 4) is 0 Å². The van der Waals surface area contributed by atoms with Gasteiger partial charge < -0.3 is 25.3 Å². The molecule has 0 saturated heterocycles. The Morgan fingerprint density at radius 1 is 1.23 bits per heavy atom. The van der Waals surface area contributed by atoms with Crippen molar-refractivity contribution in [1.29, 1.82) is 0 Å². The first-order chi connectivity index (χ1) is 16.6. The zero-order valence-electron chi connectivity index (χ0n) is 19.9. The number of fused-ring (bicyclic) bond motifs is 1. The van der Waals surface area contributed by atoms with E-state index in [1.54, 1.807) is 0 Å². The Bertz CT molecular complexity index is 1100. The predicted octanol–water partition coefficient (Wildman–Crippen LogP) is -0.434. The van der Waals surface area contributed by atoms with Crippen molar-refractivity contribution in [3.63, 3.8) is 0 Å². The number of amides is 2. The summed E-state index contributed by atoms with van der Waals surface area (Å²) in [5.41, 5.74) is 0.531. The number of nitrogens with zero attached hydrogens (tertiary/aromatic N) is 1. The van der Waals surface area contributed by atoms with E-state index in [0.717, 1.165) is 23.3 Å². The molecule has 0 saturated carbocycles. The Balaban J connectivity index is 1.78. The summed E-state index contributed by atoms with van der Waals surface area (Å²) in [5.74, 6) is -3.14. The molecule has 1 aliphatic rings. The Morgan fingerprint density at radius 3 is 2.66 bits per heavy atom. The highest BCUT2D eigenvalue weighted by Crippen LogP contribution is 2.20. The van der Waals surface area contributed by atoms with Gasteiger partial charge in [-0.15, -0.1) is 0 Å². The molecule has 35 heavy (non-hydrogen) atoms. The Labute approximate surface area is 204 Å². The van der Waals surface area contributed by atoms with E-state index in [-0.39, 0.29) is 26.5 Å². The molecule has 2 aromatic rings. The predicted molar refractivity (Wildman–Crippen MR) is 128 cm³/mol. The molecule has 12 heteroatoms. The van der Waals surface area contributed by atoms with Crippen LogP contribution < -0.4 is 21.6 Å². The first-order valence-corrected chi connectivity index (χ1v) is 11.2. The minimum absolute atomic E-state index is 0.0291. The van der Waals surface area contributed by atoms with Gasteiger partial charge >= 0.3 is 14.6 Å². The van der Waals surface area contributed by atoms with Crippen LogP contribution in [0.4, 0.5) is 8.78 Å². The van der Waals surface area contributed by atoms with Crippen LogP contribution in [0.1, 0.15) is 42.3 Å². The molecule has 185 valence electrons. The van der Waals surface area contributed by atoms with Crippen molar-refractivity contribution in [2.24, 2.45) is 0 Å². The Kier molecular flexibility index (Phi) is 8.65. The second kappa shape index (κ2) is 11.3. The van der Waals surface area contributed by atoms with Crippen LogP contribution in [-0.4, -0.2) is 66.5 Å². The van der Waals surface area contributed by atoms with Crippen molar-refractivity contribution >= 4 is 37.3 Å². The van der Waals surface area contributed by atoms with E-state index in [9.17, 15) is 23.4 Å². The maximum atomic E-state index is 14.5. The zero-order chi connectivity index (χ0) is 25.8. The molecule has 2 aromatic carbocycles. The van der Waals surface area contributed by atoms with Gasteiger partial charge in [0.2, 0.25) is 5.91 Å². The molecular formula is C23H28B2F2N3O5. The van der Waals surface area contributed by atoms with Crippen molar-refractivity contribution < 1.29 is 33.1 Å². The second-order valence-corrected chi connectivity index (χ2v) is 8.95. The lowest BCUT2D eigenvalue weighted by Crippen LogP contribution is -2.54. The molecule has 1 aliphatic heterocycles. The van der Waals surface area contributed by atoms with E-state index in [0.29, 0.717) is 25.2 Å². The third kappa shape index (κ3) is 6.26. The molecule has 0 aromatic heterocycles. The minimum atomic E-state index is -1.17. The topological polar surface area (TPSA) is 111 Å². The number of rotatable bonds is 10. The molecule has 0 unspecified atom stereocenters. The molecule has 0 aliphatic carbocycles. The molecule has 2 amide bonds. The summed E-state index contributed by atoms with van der Waals surface area (Å²) in [4.78, 5) is 26.9. The smallest absolute Gasteiger partial charge is 0.450 e. The first-order valence-electron chi connectivity index (χ1n) is 11.2. The molecule has 0 bridgehead atoms. The summed E-state index contributed by atoms with van der Waals surface area (Å²) in [6.45, 7) is 6.64. The van der Waals surface area contributed by atoms with E-state index in [1.807, 2.05) is 43.9 Å². The van der Waals surface area contributed by atoms with Crippen LogP contribution in [0.25, 0.3) is 0 Å². The van der Waals surface area contributed by atoms with Gasteiger partial charge in [-0.1, -0.05) is 18.2 Å². The van der Waals surface area contributed by atoms with Crippen molar-refractivity contribution in [3.05, 3.63) is 58.7 Å². The molecular weight excluding hydrogens is 458 g/mol. The van der Waals surface area contributed by atoms with Gasteiger partial charge in [0.15, 0.2) is 0 Å². The van der Waals surface area contributed by atoms with Gasteiger partial charge in [-0.25, -0.2) is 8.78 Å². The van der Waals surface area contributed by atoms with Crippen molar-refractivity contribution in [2.45, 2.75) is 39.5 Å². The second-order valence-electron chi connectivity index (χ2n) is 8.95. The summed E-state index contributed by atoms with van der Waals surface area (Å²) in [6.07, 6.45) is 0. The van der Waals surface area contributed by atoms with Crippen LogP contribution >= 0.6 is 0 Å². The van der Waals surface area contributed by atoms with Gasteiger partial charge in [0.1, 0.15) is 11.6 Å². The Hall–Kier alpha value is -2.79. The van der Waals surface area contributed by atoms with E-state index in [2.05, 4.69) is 10.6 Å². The third-order valence-electron chi connectivity index (χ3n) is 5.99. The highest BCUT2D eigenvalue weighted by atomic mass is 19.1. The average molecular weight is 486 g/mol. The highest BCUT2D eigenvalue weighted by molar-refractivity contribution is 6.61. The van der Waals surface area contributed by atoms with E-state index >= 15 is 0 Å². The highest BCUT2D eigenvalue weighted by Gasteiger charge is 2.32. The molecule has 4 N–H and O–H groups in total. The summed E-state index contributed by atoms with van der Waals surface area (Å²) in [6, 6.07) is 7.49. The maximum Gasteiger partial charge on any atom is 0.491 e. The molecule has 1 heterocycles. The number of carbonyl (C=O) groups excluding carboxylic acids is 2. The van der Waals surface area contributed by atoms with Crippen LogP contribution in [0.2, 0.25) is 0 Å². The summed E-state index contributed by atoms with van der Waals surface area (Å²) in [5, 5.41) is 24.5. The van der Waals surface area contributed by atoms with E-state index in [1.165, 1.54) is 0 Å². The van der Waals surface area contributed by atoms with Crippen LogP contribution in [0.5, 0.6) is 0 Å². The number of hydrogen-bond donors (Lipinski definition) is 4. The molecule has 0 fully saturated rings. The number of carbonyl (C=O) groups is 2. The SMILES string of the molecule is CCNC(=O)CN(Cc1ccc2c(c1)B(O)OC2)C(C)(C)CNC(=O)c1ccc(F)c([B]O)c1F. The number of benzene rings is 2. The normalized spacial score (nSPS) is 13.1. The van der Waals surface area contributed by atoms with Crippen LogP contribution in [0, 0.1) is 11.6 Å². The number of halogens is 2. The van der Waals surface area contributed by atoms with Gasteiger partial charge in [-0.05, 0) is 49.5 Å². The number of hydrogen-bond acceptors (Lipinski definition) is 6. The van der Waals surface area contributed by atoms with Crippen LogP contribution in [0.15, 0.2) is 30.3 Å². The van der Waals surface area contributed by atoms with Gasteiger partial charge in [-0.2, -0.15) is 0 Å². The maximum absolute atomic E-state index is 14.5. The summed E-state index contributed by atoms with van der Waals surface area (Å²) >= 11 is 0. The minimum Gasteiger partial charge on any atom is -0.450 e. The lowest BCUT2D eigenvalue weighted by molar-refractivity contribution is -0.123. The van der Waals surface area contributed by atoms with Gasteiger partial charge in [0, 0.05) is 30.6 Å². The van der Waals surface area contributed by atoms with Gasteiger partial charge in [0.05, 0.1) is 18.7 Å². The average Bonchev–Trinajstić information content (AvgIpc) is 3.18. The summed E-state index contributed by atoms with van der Waals surface area (Å²) in [7, 11) is -0.723. The van der Waals surface area contributed by atoms with Crippen molar-refractivity contribution in [2.75, 3.05) is 19.6 Å². The fourth-order valence-electron chi connectivity index (χ4n) is 3.86. The molecule has 3 rings (SSSR count). The molecule has 1 radical (unpaired) electrons.